The third-order valence-electron chi connectivity index (χ3n) is 3.60. The number of anilines is 1. The lowest BCUT2D eigenvalue weighted by molar-refractivity contribution is -0.133. The maximum atomic E-state index is 12.1. The van der Waals surface area contributed by atoms with Gasteiger partial charge in [0.15, 0.2) is 5.13 Å². The number of carbonyl (C=O) groups excluding carboxylic acids is 1. The molecule has 5 nitrogen and oxygen atoms in total. The molecule has 0 unspecified atom stereocenters. The number of likely N-dealkylation sites (tertiary alicyclic amines) is 1. The first-order chi connectivity index (χ1) is 8.72. The Morgan fingerprint density at radius 3 is 2.78 bits per heavy atom. The second-order valence-corrected chi connectivity index (χ2v) is 6.12. The van der Waals surface area contributed by atoms with Crippen LogP contribution in [0.3, 0.4) is 0 Å². The minimum Gasteiger partial charge on any atom is -0.375 e. The Kier molecular flexibility index (Phi) is 3.22. The summed E-state index contributed by atoms with van der Waals surface area (Å²) < 4.78 is 0. The molecule has 1 aromatic heterocycles. The van der Waals surface area contributed by atoms with Crippen LogP contribution in [0.15, 0.2) is 0 Å². The van der Waals surface area contributed by atoms with E-state index in [2.05, 4.69) is 9.88 Å². The molecule has 6 heteroatoms. The standard InChI is InChI=1S/C12H18N4OS/c13-12-14-9-6-15(7-10(9)18-12)8-11(17)16-4-2-1-3-5-16/h1-8H2,(H2,13,14). The molecule has 0 saturated carbocycles. The number of rotatable bonds is 2. The molecule has 98 valence electrons. The molecule has 0 atom stereocenters. The molecule has 1 amide bonds. The van der Waals surface area contributed by atoms with Crippen LogP contribution in [0.2, 0.25) is 0 Å². The Morgan fingerprint density at radius 1 is 1.28 bits per heavy atom. The minimum absolute atomic E-state index is 0.262. The molecule has 1 aromatic rings. The van der Waals surface area contributed by atoms with Crippen molar-refractivity contribution in [2.45, 2.75) is 32.4 Å². The summed E-state index contributed by atoms with van der Waals surface area (Å²) in [7, 11) is 0. The summed E-state index contributed by atoms with van der Waals surface area (Å²) in [4.78, 5) is 21.8. The van der Waals surface area contributed by atoms with Crippen LogP contribution in [0.5, 0.6) is 0 Å². The number of hydrogen-bond acceptors (Lipinski definition) is 5. The molecule has 2 aliphatic heterocycles. The number of amides is 1. The van der Waals surface area contributed by atoms with Crippen molar-refractivity contribution >= 4 is 22.4 Å². The summed E-state index contributed by atoms with van der Waals surface area (Å²) in [5, 5.41) is 0.641. The number of nitrogens with zero attached hydrogens (tertiary/aromatic N) is 3. The van der Waals surface area contributed by atoms with E-state index in [1.165, 1.54) is 11.3 Å². The number of thiazole rings is 1. The van der Waals surface area contributed by atoms with E-state index in [0.717, 1.165) is 44.7 Å². The van der Waals surface area contributed by atoms with Crippen LogP contribution < -0.4 is 5.73 Å². The van der Waals surface area contributed by atoms with Gasteiger partial charge in [-0.3, -0.25) is 9.69 Å². The molecule has 0 aromatic carbocycles. The van der Waals surface area contributed by atoms with Gasteiger partial charge in [-0.2, -0.15) is 0 Å². The van der Waals surface area contributed by atoms with Crippen molar-refractivity contribution < 1.29 is 4.79 Å². The van der Waals surface area contributed by atoms with Crippen LogP contribution in [-0.2, 0) is 17.9 Å². The fraction of sp³-hybridized carbons (Fsp3) is 0.667. The predicted octanol–water partition coefficient (Wildman–Crippen LogP) is 1.05. The average molecular weight is 266 g/mol. The second kappa shape index (κ2) is 4.85. The largest absolute Gasteiger partial charge is 0.375 e. The van der Waals surface area contributed by atoms with Crippen molar-refractivity contribution in [2.24, 2.45) is 0 Å². The SMILES string of the molecule is Nc1nc2c(s1)CN(CC(=O)N1CCCCC1)C2. The smallest absolute Gasteiger partial charge is 0.236 e. The van der Waals surface area contributed by atoms with Crippen molar-refractivity contribution in [1.29, 1.82) is 0 Å². The van der Waals surface area contributed by atoms with E-state index in [9.17, 15) is 4.79 Å². The lowest BCUT2D eigenvalue weighted by Crippen LogP contribution is -2.41. The van der Waals surface area contributed by atoms with Crippen molar-refractivity contribution in [2.75, 3.05) is 25.4 Å². The predicted molar refractivity (Wildman–Crippen MR) is 71.1 cm³/mol. The zero-order valence-electron chi connectivity index (χ0n) is 10.4. The first-order valence-corrected chi connectivity index (χ1v) is 7.28. The Labute approximate surface area is 111 Å². The van der Waals surface area contributed by atoms with Gasteiger partial charge in [0.25, 0.3) is 0 Å². The van der Waals surface area contributed by atoms with Crippen molar-refractivity contribution in [3.63, 3.8) is 0 Å². The molecule has 18 heavy (non-hydrogen) atoms. The van der Waals surface area contributed by atoms with Crippen LogP contribution in [0.1, 0.15) is 29.8 Å². The van der Waals surface area contributed by atoms with Crippen LogP contribution in [0.25, 0.3) is 0 Å². The molecule has 0 bridgehead atoms. The average Bonchev–Trinajstić information content (AvgIpc) is 2.86. The van der Waals surface area contributed by atoms with Gasteiger partial charge in [-0.1, -0.05) is 0 Å². The number of nitrogens with two attached hydrogens (primary N) is 1. The molecule has 0 radical (unpaired) electrons. The maximum absolute atomic E-state index is 12.1. The topological polar surface area (TPSA) is 62.5 Å². The van der Waals surface area contributed by atoms with E-state index >= 15 is 0 Å². The van der Waals surface area contributed by atoms with E-state index in [1.807, 2.05) is 4.90 Å². The number of aromatic nitrogens is 1. The number of fused-ring (bicyclic) bond motifs is 1. The molecule has 3 heterocycles. The third kappa shape index (κ3) is 2.35. The van der Waals surface area contributed by atoms with Gasteiger partial charge in [-0.25, -0.2) is 4.98 Å². The van der Waals surface area contributed by atoms with E-state index in [4.69, 9.17) is 5.73 Å². The first-order valence-electron chi connectivity index (χ1n) is 6.46. The van der Waals surface area contributed by atoms with Gasteiger partial charge in [0.05, 0.1) is 12.2 Å². The van der Waals surface area contributed by atoms with Gasteiger partial charge in [-0.15, -0.1) is 11.3 Å². The molecule has 0 aliphatic carbocycles. The quantitative estimate of drug-likeness (QED) is 0.869. The van der Waals surface area contributed by atoms with Gasteiger partial charge in [0.2, 0.25) is 5.91 Å². The van der Waals surface area contributed by atoms with Crippen LogP contribution in [0.4, 0.5) is 5.13 Å². The Balaban J connectivity index is 1.55. The lowest BCUT2D eigenvalue weighted by Gasteiger charge is -2.28. The zero-order chi connectivity index (χ0) is 12.5. The van der Waals surface area contributed by atoms with Crippen molar-refractivity contribution in [3.05, 3.63) is 10.6 Å². The molecule has 1 fully saturated rings. The monoisotopic (exact) mass is 266 g/mol. The summed E-state index contributed by atoms with van der Waals surface area (Å²) >= 11 is 1.54. The molecule has 0 spiro atoms. The second-order valence-electron chi connectivity index (χ2n) is 5.01. The van der Waals surface area contributed by atoms with E-state index in [-0.39, 0.29) is 5.91 Å². The number of carbonyl (C=O) groups is 1. The highest BCUT2D eigenvalue weighted by molar-refractivity contribution is 7.15. The molecule has 2 aliphatic rings. The highest BCUT2D eigenvalue weighted by Crippen LogP contribution is 2.29. The number of piperidine rings is 1. The minimum atomic E-state index is 0.262. The molecule has 3 rings (SSSR count). The Hall–Kier alpha value is -1.14. The molecular formula is C12H18N4OS. The van der Waals surface area contributed by atoms with Crippen molar-refractivity contribution in [1.82, 2.24) is 14.8 Å². The van der Waals surface area contributed by atoms with Crippen LogP contribution in [-0.4, -0.2) is 40.3 Å². The highest BCUT2D eigenvalue weighted by atomic mass is 32.1. The Bertz CT molecular complexity index is 429. The summed E-state index contributed by atoms with van der Waals surface area (Å²) in [6, 6.07) is 0. The fourth-order valence-electron chi connectivity index (χ4n) is 2.67. The summed E-state index contributed by atoms with van der Waals surface area (Å²) in [5.41, 5.74) is 6.73. The summed E-state index contributed by atoms with van der Waals surface area (Å²) in [5.74, 6) is 0.262. The zero-order valence-corrected chi connectivity index (χ0v) is 11.2. The van der Waals surface area contributed by atoms with E-state index in [1.54, 1.807) is 11.3 Å². The van der Waals surface area contributed by atoms with Crippen LogP contribution in [0, 0.1) is 0 Å². The fourth-order valence-corrected chi connectivity index (χ4v) is 3.55. The summed E-state index contributed by atoms with van der Waals surface area (Å²) in [6.07, 6.45) is 3.56. The van der Waals surface area contributed by atoms with Gasteiger partial charge in [0, 0.05) is 31.1 Å². The normalized spacial score (nSPS) is 20.1. The van der Waals surface area contributed by atoms with E-state index in [0.29, 0.717) is 11.7 Å². The lowest BCUT2D eigenvalue weighted by atomic mass is 10.1. The summed E-state index contributed by atoms with van der Waals surface area (Å²) in [6.45, 7) is 3.97. The third-order valence-corrected chi connectivity index (χ3v) is 4.51. The molecular weight excluding hydrogens is 248 g/mol. The van der Waals surface area contributed by atoms with Gasteiger partial charge in [0.1, 0.15) is 0 Å². The maximum Gasteiger partial charge on any atom is 0.236 e. The van der Waals surface area contributed by atoms with Crippen molar-refractivity contribution in [3.8, 4) is 0 Å². The van der Waals surface area contributed by atoms with E-state index < -0.39 is 0 Å². The molecule has 1 saturated heterocycles. The molecule has 2 N–H and O–H groups in total. The first kappa shape index (κ1) is 11.9. The highest BCUT2D eigenvalue weighted by Gasteiger charge is 2.26. The Morgan fingerprint density at radius 2 is 2.06 bits per heavy atom. The van der Waals surface area contributed by atoms with Gasteiger partial charge < -0.3 is 10.6 Å². The van der Waals surface area contributed by atoms with Gasteiger partial charge >= 0.3 is 0 Å². The van der Waals surface area contributed by atoms with Gasteiger partial charge in [-0.05, 0) is 19.3 Å². The van der Waals surface area contributed by atoms with Crippen LogP contribution >= 0.6 is 11.3 Å². The number of nitrogen functional groups attached to an aromatic ring is 1. The number of hydrogen-bond donors (Lipinski definition) is 1.